The first-order valence-electron chi connectivity index (χ1n) is 8.89. The summed E-state index contributed by atoms with van der Waals surface area (Å²) >= 11 is 0. The average molecular weight is 383 g/mol. The van der Waals surface area contributed by atoms with Gasteiger partial charge >= 0.3 is 0 Å². The highest BCUT2D eigenvalue weighted by molar-refractivity contribution is 5.94. The van der Waals surface area contributed by atoms with Gasteiger partial charge in [-0.3, -0.25) is 9.78 Å². The SMILES string of the molecule is COc1ccc(C(=O)N2CCCC2Cc2noc(-c3cnccn3)n2)cc1F. The van der Waals surface area contributed by atoms with Gasteiger partial charge in [-0.15, -0.1) is 0 Å². The van der Waals surface area contributed by atoms with Gasteiger partial charge in [0.1, 0.15) is 5.69 Å². The molecule has 1 unspecified atom stereocenters. The number of aromatic nitrogens is 4. The van der Waals surface area contributed by atoms with E-state index >= 15 is 0 Å². The summed E-state index contributed by atoms with van der Waals surface area (Å²) in [5, 5.41) is 3.99. The van der Waals surface area contributed by atoms with Gasteiger partial charge in [0.2, 0.25) is 0 Å². The lowest BCUT2D eigenvalue weighted by molar-refractivity contribution is 0.0734. The first kappa shape index (κ1) is 18.0. The van der Waals surface area contributed by atoms with Crippen molar-refractivity contribution in [3.8, 4) is 17.3 Å². The molecule has 1 amide bonds. The molecule has 1 aliphatic heterocycles. The molecule has 0 bridgehead atoms. The molecule has 4 rings (SSSR count). The normalized spacial score (nSPS) is 16.4. The number of benzene rings is 1. The predicted octanol–water partition coefficient (Wildman–Crippen LogP) is 2.52. The van der Waals surface area contributed by atoms with Gasteiger partial charge in [-0.1, -0.05) is 5.16 Å². The van der Waals surface area contributed by atoms with E-state index in [1.165, 1.54) is 19.2 Å². The zero-order valence-electron chi connectivity index (χ0n) is 15.2. The molecule has 1 aliphatic rings. The quantitative estimate of drug-likeness (QED) is 0.668. The van der Waals surface area contributed by atoms with Crippen molar-refractivity contribution in [3.63, 3.8) is 0 Å². The fourth-order valence-corrected chi connectivity index (χ4v) is 3.34. The lowest BCUT2D eigenvalue weighted by atomic mass is 10.1. The second kappa shape index (κ2) is 7.71. The number of methoxy groups -OCH3 is 1. The Labute approximate surface area is 160 Å². The molecule has 1 saturated heterocycles. The number of nitrogens with zero attached hydrogens (tertiary/aromatic N) is 5. The summed E-state index contributed by atoms with van der Waals surface area (Å²) in [4.78, 5) is 27.1. The van der Waals surface area contributed by atoms with E-state index < -0.39 is 5.82 Å². The molecule has 1 fully saturated rings. The summed E-state index contributed by atoms with van der Waals surface area (Å²) in [5.41, 5.74) is 0.785. The zero-order chi connectivity index (χ0) is 19.5. The van der Waals surface area contributed by atoms with Gasteiger partial charge < -0.3 is 14.2 Å². The second-order valence-corrected chi connectivity index (χ2v) is 6.45. The minimum Gasteiger partial charge on any atom is -0.494 e. The van der Waals surface area contributed by atoms with Gasteiger partial charge in [0.25, 0.3) is 11.8 Å². The number of likely N-dealkylation sites (tertiary alicyclic amines) is 1. The molecular formula is C19H18FN5O3. The minimum absolute atomic E-state index is 0.0787. The van der Waals surface area contributed by atoms with Crippen LogP contribution in [0.4, 0.5) is 4.39 Å². The van der Waals surface area contributed by atoms with Crippen molar-refractivity contribution in [2.45, 2.75) is 25.3 Å². The Kier molecular flexibility index (Phi) is 4.96. The topological polar surface area (TPSA) is 94.2 Å². The lowest BCUT2D eigenvalue weighted by Gasteiger charge is -2.24. The first-order valence-corrected chi connectivity index (χ1v) is 8.89. The first-order chi connectivity index (χ1) is 13.7. The van der Waals surface area contributed by atoms with E-state index in [2.05, 4.69) is 20.1 Å². The van der Waals surface area contributed by atoms with Crippen molar-refractivity contribution in [2.24, 2.45) is 0 Å². The molecule has 3 heterocycles. The molecule has 0 saturated carbocycles. The predicted molar refractivity (Wildman–Crippen MR) is 96.0 cm³/mol. The van der Waals surface area contributed by atoms with Crippen LogP contribution in [0.5, 0.6) is 5.75 Å². The maximum Gasteiger partial charge on any atom is 0.278 e. The molecule has 0 N–H and O–H groups in total. The molecule has 9 heteroatoms. The Bertz CT molecular complexity index is 979. The number of carbonyl (C=O) groups excluding carboxylic acids is 1. The van der Waals surface area contributed by atoms with Gasteiger partial charge in [-0.25, -0.2) is 9.37 Å². The summed E-state index contributed by atoms with van der Waals surface area (Å²) in [6.45, 7) is 0.603. The van der Waals surface area contributed by atoms with Gasteiger partial charge in [-0.05, 0) is 31.0 Å². The van der Waals surface area contributed by atoms with Gasteiger partial charge in [0.15, 0.2) is 17.4 Å². The molecule has 0 spiro atoms. The molecule has 1 aromatic carbocycles. The summed E-state index contributed by atoms with van der Waals surface area (Å²) < 4.78 is 24.1. The van der Waals surface area contributed by atoms with Crippen LogP contribution in [-0.4, -0.2) is 50.6 Å². The Morgan fingerprint density at radius 1 is 1.39 bits per heavy atom. The summed E-state index contributed by atoms with van der Waals surface area (Å²) in [6, 6.07) is 4.15. The molecular weight excluding hydrogens is 365 g/mol. The van der Waals surface area contributed by atoms with Crippen LogP contribution in [0.2, 0.25) is 0 Å². The van der Waals surface area contributed by atoms with Gasteiger partial charge in [-0.2, -0.15) is 4.98 Å². The Morgan fingerprint density at radius 2 is 2.29 bits per heavy atom. The highest BCUT2D eigenvalue weighted by Gasteiger charge is 2.31. The maximum absolute atomic E-state index is 14.0. The molecule has 144 valence electrons. The number of ether oxygens (including phenoxy) is 1. The Balaban J connectivity index is 1.49. The van der Waals surface area contributed by atoms with Crippen molar-refractivity contribution in [1.29, 1.82) is 0 Å². The van der Waals surface area contributed by atoms with Crippen molar-refractivity contribution >= 4 is 5.91 Å². The van der Waals surface area contributed by atoms with Crippen molar-refractivity contribution in [1.82, 2.24) is 25.0 Å². The lowest BCUT2D eigenvalue weighted by Crippen LogP contribution is -2.37. The van der Waals surface area contributed by atoms with Crippen LogP contribution in [0, 0.1) is 5.82 Å². The molecule has 8 nitrogen and oxygen atoms in total. The zero-order valence-corrected chi connectivity index (χ0v) is 15.2. The fraction of sp³-hybridized carbons (Fsp3) is 0.316. The number of carbonyl (C=O) groups is 1. The smallest absolute Gasteiger partial charge is 0.278 e. The van der Waals surface area contributed by atoms with E-state index in [0.717, 1.165) is 12.8 Å². The van der Waals surface area contributed by atoms with Crippen LogP contribution in [0.25, 0.3) is 11.6 Å². The van der Waals surface area contributed by atoms with Crippen molar-refractivity contribution in [3.05, 3.63) is 54.0 Å². The van der Waals surface area contributed by atoms with Crippen molar-refractivity contribution < 1.29 is 18.4 Å². The van der Waals surface area contributed by atoms with Crippen LogP contribution >= 0.6 is 0 Å². The average Bonchev–Trinajstić information content (AvgIpc) is 3.38. The third-order valence-corrected chi connectivity index (χ3v) is 4.71. The fourth-order valence-electron chi connectivity index (χ4n) is 3.34. The molecule has 1 atom stereocenters. The number of rotatable bonds is 5. The van der Waals surface area contributed by atoms with Crippen LogP contribution < -0.4 is 4.74 Å². The third-order valence-electron chi connectivity index (χ3n) is 4.71. The van der Waals surface area contributed by atoms with Gasteiger partial charge in [0.05, 0.1) is 13.3 Å². The molecule has 3 aromatic rings. The van der Waals surface area contributed by atoms with E-state index in [1.54, 1.807) is 29.6 Å². The molecule has 2 aromatic heterocycles. The highest BCUT2D eigenvalue weighted by atomic mass is 19.1. The Morgan fingerprint density at radius 3 is 3.04 bits per heavy atom. The minimum atomic E-state index is -0.559. The van der Waals surface area contributed by atoms with Gasteiger partial charge in [0, 0.05) is 37.0 Å². The van der Waals surface area contributed by atoms with E-state index in [4.69, 9.17) is 9.26 Å². The summed E-state index contributed by atoms with van der Waals surface area (Å²) in [5.74, 6) is 0.109. The second-order valence-electron chi connectivity index (χ2n) is 6.45. The summed E-state index contributed by atoms with van der Waals surface area (Å²) in [6.07, 6.45) is 6.79. The van der Waals surface area contributed by atoms with Crippen molar-refractivity contribution in [2.75, 3.05) is 13.7 Å². The summed E-state index contributed by atoms with van der Waals surface area (Å²) in [7, 11) is 1.39. The molecule has 28 heavy (non-hydrogen) atoms. The number of hydrogen-bond acceptors (Lipinski definition) is 7. The molecule has 0 radical (unpaired) electrons. The standard InChI is InChI=1S/C19H18FN5O3/c1-27-16-5-4-12(9-14(16)20)19(26)25-8-2-3-13(25)10-17-23-18(28-24-17)15-11-21-6-7-22-15/h4-7,9,11,13H,2-3,8,10H2,1H3. The largest absolute Gasteiger partial charge is 0.494 e. The van der Waals surface area contributed by atoms with Crippen LogP contribution in [0.3, 0.4) is 0 Å². The van der Waals surface area contributed by atoms with E-state index in [0.29, 0.717) is 30.0 Å². The van der Waals surface area contributed by atoms with Crippen LogP contribution in [0.1, 0.15) is 29.0 Å². The molecule has 0 aliphatic carbocycles. The van der Waals surface area contributed by atoms with Crippen LogP contribution in [0.15, 0.2) is 41.3 Å². The van der Waals surface area contributed by atoms with E-state index in [-0.39, 0.29) is 23.6 Å². The van der Waals surface area contributed by atoms with E-state index in [1.807, 2.05) is 0 Å². The third kappa shape index (κ3) is 3.55. The Hall–Kier alpha value is -3.36. The maximum atomic E-state index is 14.0. The monoisotopic (exact) mass is 383 g/mol. The highest BCUT2D eigenvalue weighted by Crippen LogP contribution is 2.25. The number of amides is 1. The number of hydrogen-bond donors (Lipinski definition) is 0. The van der Waals surface area contributed by atoms with E-state index in [9.17, 15) is 9.18 Å². The van der Waals surface area contributed by atoms with Crippen LogP contribution in [-0.2, 0) is 6.42 Å². The number of halogens is 1.